The second-order valence-electron chi connectivity index (χ2n) is 7.12. The van der Waals surface area contributed by atoms with Crippen molar-refractivity contribution in [2.75, 3.05) is 18.2 Å². The third-order valence-corrected chi connectivity index (χ3v) is 5.70. The number of hydrogen-bond donors (Lipinski definition) is 2. The van der Waals surface area contributed by atoms with Crippen molar-refractivity contribution < 1.29 is 18.7 Å². The molecule has 10 heteroatoms. The largest absolute Gasteiger partial charge is 0.495 e. The van der Waals surface area contributed by atoms with E-state index in [9.17, 15) is 14.0 Å². The molecule has 3 aromatic rings. The molecule has 0 aliphatic heterocycles. The maximum Gasteiger partial charge on any atom is 0.254 e. The Labute approximate surface area is 189 Å². The number of aryl methyl sites for hydroxylation is 1. The number of benzene rings is 2. The molecule has 0 aliphatic rings. The van der Waals surface area contributed by atoms with Gasteiger partial charge in [-0.3, -0.25) is 9.59 Å². The summed E-state index contributed by atoms with van der Waals surface area (Å²) in [5.74, 6) is -0.183. The van der Waals surface area contributed by atoms with Crippen molar-refractivity contribution in [3.05, 3.63) is 65.2 Å². The van der Waals surface area contributed by atoms with Crippen molar-refractivity contribution in [2.45, 2.75) is 25.0 Å². The van der Waals surface area contributed by atoms with Crippen molar-refractivity contribution in [3.8, 4) is 5.75 Å². The summed E-state index contributed by atoms with van der Waals surface area (Å²) in [7, 11) is 3.28. The normalized spacial score (nSPS) is 11.7. The number of thioether (sulfide) groups is 1. The van der Waals surface area contributed by atoms with E-state index in [1.807, 2.05) is 19.1 Å². The predicted octanol–water partition coefficient (Wildman–Crippen LogP) is 3.49. The van der Waals surface area contributed by atoms with Crippen LogP contribution >= 0.6 is 11.8 Å². The molecule has 1 aromatic heterocycles. The third kappa shape index (κ3) is 5.44. The van der Waals surface area contributed by atoms with Crippen molar-refractivity contribution in [1.82, 2.24) is 20.1 Å². The van der Waals surface area contributed by atoms with Gasteiger partial charge in [0.2, 0.25) is 5.91 Å². The van der Waals surface area contributed by atoms with E-state index in [1.165, 1.54) is 30.0 Å². The summed E-state index contributed by atoms with van der Waals surface area (Å²) in [6.07, 6.45) is 0. The summed E-state index contributed by atoms with van der Waals surface area (Å²) in [4.78, 5) is 24.8. The van der Waals surface area contributed by atoms with Gasteiger partial charge >= 0.3 is 0 Å². The Morgan fingerprint density at radius 3 is 2.69 bits per heavy atom. The van der Waals surface area contributed by atoms with Gasteiger partial charge in [0.1, 0.15) is 11.6 Å². The number of carbonyl (C=O) groups is 2. The Hall–Kier alpha value is -3.40. The van der Waals surface area contributed by atoms with Crippen LogP contribution in [0, 0.1) is 12.7 Å². The zero-order valence-electron chi connectivity index (χ0n) is 18.2. The minimum Gasteiger partial charge on any atom is -0.495 e. The highest BCUT2D eigenvalue weighted by molar-refractivity contribution is 7.99. The molecule has 1 heterocycles. The van der Waals surface area contributed by atoms with Crippen LogP contribution in [0.1, 0.15) is 34.7 Å². The quantitative estimate of drug-likeness (QED) is 0.503. The van der Waals surface area contributed by atoms with E-state index in [0.717, 1.165) is 5.56 Å². The summed E-state index contributed by atoms with van der Waals surface area (Å²) < 4.78 is 20.8. The minimum atomic E-state index is -0.595. The Balaban J connectivity index is 1.61. The van der Waals surface area contributed by atoms with Crippen molar-refractivity contribution in [2.24, 2.45) is 7.05 Å². The van der Waals surface area contributed by atoms with Crippen LogP contribution in [0.5, 0.6) is 5.75 Å². The van der Waals surface area contributed by atoms with E-state index in [-0.39, 0.29) is 17.2 Å². The molecule has 0 unspecified atom stereocenters. The van der Waals surface area contributed by atoms with Crippen LogP contribution in [0.4, 0.5) is 10.1 Å². The highest BCUT2D eigenvalue weighted by Crippen LogP contribution is 2.26. The number of rotatable bonds is 8. The number of carbonyl (C=O) groups excluding carboxylic acids is 2. The summed E-state index contributed by atoms with van der Waals surface area (Å²) in [5, 5.41) is 14.3. The number of aromatic nitrogens is 3. The van der Waals surface area contributed by atoms with Crippen molar-refractivity contribution in [1.29, 1.82) is 0 Å². The molecule has 2 amide bonds. The lowest BCUT2D eigenvalue weighted by molar-refractivity contribution is -0.113. The van der Waals surface area contributed by atoms with Crippen molar-refractivity contribution in [3.63, 3.8) is 0 Å². The SMILES string of the molecule is COc1ccc(C)cc1NC(=O)CSc1nnc([C@@H](C)NC(=O)c2ccccc2F)n1C. The molecule has 0 spiro atoms. The van der Waals surface area contributed by atoms with E-state index in [0.29, 0.717) is 22.4 Å². The molecule has 32 heavy (non-hydrogen) atoms. The summed E-state index contributed by atoms with van der Waals surface area (Å²) in [6, 6.07) is 10.8. The standard InChI is InChI=1S/C22H24FN5O3S/c1-13-9-10-18(31-4)17(11-13)25-19(29)12-32-22-27-26-20(28(22)3)14(2)24-21(30)15-7-5-6-8-16(15)23/h5-11,14H,12H2,1-4H3,(H,24,30)(H,25,29)/t14-/m1/s1. The minimum absolute atomic E-state index is 0.0423. The fraction of sp³-hybridized carbons (Fsp3) is 0.273. The summed E-state index contributed by atoms with van der Waals surface area (Å²) in [5.41, 5.74) is 1.55. The smallest absolute Gasteiger partial charge is 0.254 e. The van der Waals surface area contributed by atoms with E-state index in [4.69, 9.17) is 4.74 Å². The van der Waals surface area contributed by atoms with Gasteiger partial charge in [-0.1, -0.05) is 30.0 Å². The van der Waals surface area contributed by atoms with Crippen LogP contribution in [0.2, 0.25) is 0 Å². The highest BCUT2D eigenvalue weighted by atomic mass is 32.2. The van der Waals surface area contributed by atoms with E-state index in [2.05, 4.69) is 20.8 Å². The molecule has 2 N–H and O–H groups in total. The van der Waals surface area contributed by atoms with Crippen LogP contribution in [0.15, 0.2) is 47.6 Å². The lowest BCUT2D eigenvalue weighted by Gasteiger charge is -2.14. The molecule has 0 aliphatic carbocycles. The van der Waals surface area contributed by atoms with E-state index >= 15 is 0 Å². The first kappa shape index (κ1) is 23.3. The Morgan fingerprint density at radius 1 is 1.22 bits per heavy atom. The van der Waals surface area contributed by atoms with Crippen LogP contribution in [0.25, 0.3) is 0 Å². The van der Waals surface area contributed by atoms with E-state index in [1.54, 1.807) is 37.8 Å². The molecule has 2 aromatic carbocycles. The predicted molar refractivity (Wildman–Crippen MR) is 120 cm³/mol. The number of nitrogens with one attached hydrogen (secondary N) is 2. The number of halogens is 1. The third-order valence-electron chi connectivity index (χ3n) is 4.68. The molecule has 0 saturated heterocycles. The molecule has 0 radical (unpaired) electrons. The average Bonchev–Trinajstić information content (AvgIpc) is 3.13. The maximum absolute atomic E-state index is 13.8. The van der Waals surface area contributed by atoms with E-state index < -0.39 is 17.8 Å². The fourth-order valence-electron chi connectivity index (χ4n) is 3.05. The number of amides is 2. The molecule has 8 nitrogen and oxygen atoms in total. The van der Waals surface area contributed by atoms with Gasteiger partial charge in [0, 0.05) is 7.05 Å². The molecular formula is C22H24FN5O3S. The second kappa shape index (κ2) is 10.3. The topological polar surface area (TPSA) is 98.1 Å². The van der Waals surface area contributed by atoms with Crippen LogP contribution in [0.3, 0.4) is 0 Å². The molecule has 1 atom stereocenters. The molecule has 3 rings (SSSR count). The van der Waals surface area contributed by atoms with Gasteiger partial charge in [0.25, 0.3) is 5.91 Å². The zero-order chi connectivity index (χ0) is 23.3. The Morgan fingerprint density at radius 2 is 1.97 bits per heavy atom. The van der Waals surface area contributed by atoms with Crippen LogP contribution in [-0.4, -0.2) is 39.4 Å². The lowest BCUT2D eigenvalue weighted by atomic mass is 10.2. The van der Waals surface area contributed by atoms with Crippen molar-refractivity contribution >= 4 is 29.3 Å². The molecule has 0 bridgehead atoms. The van der Waals surface area contributed by atoms with Gasteiger partial charge in [-0.15, -0.1) is 10.2 Å². The monoisotopic (exact) mass is 457 g/mol. The highest BCUT2D eigenvalue weighted by Gasteiger charge is 2.20. The van der Waals surface area contributed by atoms with Gasteiger partial charge in [-0.05, 0) is 43.7 Å². The van der Waals surface area contributed by atoms with Gasteiger partial charge in [-0.25, -0.2) is 4.39 Å². The van der Waals surface area contributed by atoms with Gasteiger partial charge < -0.3 is 19.9 Å². The molecule has 0 saturated carbocycles. The summed E-state index contributed by atoms with van der Waals surface area (Å²) in [6.45, 7) is 3.66. The average molecular weight is 458 g/mol. The Kier molecular flexibility index (Phi) is 7.47. The number of methoxy groups -OCH3 is 1. The van der Waals surface area contributed by atoms with Gasteiger partial charge in [0.05, 0.1) is 30.2 Å². The van der Waals surface area contributed by atoms with Gasteiger partial charge in [-0.2, -0.15) is 0 Å². The lowest BCUT2D eigenvalue weighted by Crippen LogP contribution is -2.29. The molecule has 168 valence electrons. The number of ether oxygens (including phenoxy) is 1. The molecule has 0 fully saturated rings. The number of nitrogens with zero attached hydrogens (tertiary/aromatic N) is 3. The second-order valence-corrected chi connectivity index (χ2v) is 8.06. The molecular weight excluding hydrogens is 433 g/mol. The maximum atomic E-state index is 13.8. The first-order valence-corrected chi connectivity index (χ1v) is 10.8. The van der Waals surface area contributed by atoms with Crippen LogP contribution in [-0.2, 0) is 11.8 Å². The summed E-state index contributed by atoms with van der Waals surface area (Å²) >= 11 is 1.21. The fourth-order valence-corrected chi connectivity index (χ4v) is 3.77. The number of anilines is 1. The Bertz CT molecular complexity index is 1130. The van der Waals surface area contributed by atoms with Gasteiger partial charge in [0.15, 0.2) is 11.0 Å². The first-order valence-electron chi connectivity index (χ1n) is 9.82. The number of hydrogen-bond acceptors (Lipinski definition) is 6. The first-order chi connectivity index (χ1) is 15.3. The van der Waals surface area contributed by atoms with Crippen LogP contribution < -0.4 is 15.4 Å². The zero-order valence-corrected chi connectivity index (χ0v) is 19.0.